The first-order valence-corrected chi connectivity index (χ1v) is 7.03. The van der Waals surface area contributed by atoms with Crippen LogP contribution in [0.3, 0.4) is 0 Å². The second kappa shape index (κ2) is 4.67. The van der Waals surface area contributed by atoms with E-state index in [-0.39, 0.29) is 0 Å². The predicted octanol–water partition coefficient (Wildman–Crippen LogP) is 2.51. The van der Waals surface area contributed by atoms with Crippen LogP contribution in [-0.4, -0.2) is 24.4 Å². The van der Waals surface area contributed by atoms with Crippen molar-refractivity contribution in [2.75, 3.05) is 13.7 Å². The Morgan fingerprint density at radius 2 is 2.06 bits per heavy atom. The highest BCUT2D eigenvalue weighted by Crippen LogP contribution is 2.42. The van der Waals surface area contributed by atoms with E-state index in [1.807, 2.05) is 0 Å². The molecular formula is C16H22O2. The molecule has 0 bridgehead atoms. The number of aliphatic hydroxyl groups is 1. The van der Waals surface area contributed by atoms with E-state index >= 15 is 0 Å². The molecule has 2 aliphatic rings. The lowest BCUT2D eigenvalue weighted by atomic mass is 9.89. The molecule has 1 saturated carbocycles. The third kappa shape index (κ3) is 2.32. The minimum absolute atomic E-state index is 0.436. The maximum Gasteiger partial charge on any atom is 0.0947 e. The number of ether oxygens (including phenoxy) is 1. The molecule has 1 N–H and O–H groups in total. The molecule has 98 valence electrons. The Morgan fingerprint density at radius 3 is 2.78 bits per heavy atom. The zero-order valence-electron chi connectivity index (χ0n) is 11.1. The number of methoxy groups -OCH3 is 1. The van der Waals surface area contributed by atoms with Crippen molar-refractivity contribution >= 4 is 0 Å². The lowest BCUT2D eigenvalue weighted by Crippen LogP contribution is -2.39. The molecule has 0 amide bonds. The molecule has 0 saturated heterocycles. The normalized spacial score (nSPS) is 21.7. The van der Waals surface area contributed by atoms with Gasteiger partial charge in [-0.2, -0.15) is 0 Å². The minimum atomic E-state index is -0.651. The van der Waals surface area contributed by atoms with Gasteiger partial charge in [-0.3, -0.25) is 0 Å². The van der Waals surface area contributed by atoms with Gasteiger partial charge in [-0.15, -0.1) is 0 Å². The molecule has 0 radical (unpaired) electrons. The van der Waals surface area contributed by atoms with Gasteiger partial charge in [0.2, 0.25) is 0 Å². The van der Waals surface area contributed by atoms with E-state index in [0.29, 0.717) is 12.5 Å². The molecule has 0 aliphatic heterocycles. The van der Waals surface area contributed by atoms with Crippen LogP contribution in [0.4, 0.5) is 0 Å². The van der Waals surface area contributed by atoms with Gasteiger partial charge in [0, 0.05) is 13.5 Å². The van der Waals surface area contributed by atoms with E-state index in [2.05, 4.69) is 18.2 Å². The molecule has 0 spiro atoms. The average molecular weight is 246 g/mol. The van der Waals surface area contributed by atoms with Gasteiger partial charge in [0.25, 0.3) is 0 Å². The number of hydrogen-bond donors (Lipinski definition) is 1. The summed E-state index contributed by atoms with van der Waals surface area (Å²) in [6.07, 6.45) is 6.73. The van der Waals surface area contributed by atoms with Crippen molar-refractivity contribution in [2.45, 2.75) is 44.1 Å². The molecule has 18 heavy (non-hydrogen) atoms. The monoisotopic (exact) mass is 246 g/mol. The Kier molecular flexibility index (Phi) is 3.16. The summed E-state index contributed by atoms with van der Waals surface area (Å²) in [7, 11) is 1.68. The van der Waals surface area contributed by atoms with Crippen molar-refractivity contribution in [3.05, 3.63) is 34.9 Å². The van der Waals surface area contributed by atoms with Crippen LogP contribution in [0.5, 0.6) is 0 Å². The van der Waals surface area contributed by atoms with E-state index in [0.717, 1.165) is 19.3 Å². The maximum atomic E-state index is 10.7. The molecule has 3 rings (SSSR count). The summed E-state index contributed by atoms with van der Waals surface area (Å²) >= 11 is 0. The standard InChI is InChI=1S/C16H22O2/c1-18-11-16(17,15-7-8-15)10-12-5-6-13-3-2-4-14(13)9-12/h5-6,9,15,17H,2-4,7-8,10-11H2,1H3. The summed E-state index contributed by atoms with van der Waals surface area (Å²) in [5, 5.41) is 10.7. The van der Waals surface area contributed by atoms with Crippen molar-refractivity contribution in [3.8, 4) is 0 Å². The third-order valence-electron chi connectivity index (χ3n) is 4.40. The molecule has 2 nitrogen and oxygen atoms in total. The molecule has 0 heterocycles. The first-order valence-electron chi connectivity index (χ1n) is 7.03. The minimum Gasteiger partial charge on any atom is -0.387 e. The highest BCUT2D eigenvalue weighted by molar-refractivity contribution is 5.36. The second-order valence-electron chi connectivity index (χ2n) is 5.94. The summed E-state index contributed by atoms with van der Waals surface area (Å²) in [5.41, 5.74) is 3.60. The van der Waals surface area contributed by atoms with Crippen LogP contribution in [0.15, 0.2) is 18.2 Å². The molecule has 2 aliphatic carbocycles. The number of rotatable bonds is 5. The van der Waals surface area contributed by atoms with Crippen molar-refractivity contribution in [1.82, 2.24) is 0 Å². The fourth-order valence-electron chi connectivity index (χ4n) is 3.27. The largest absolute Gasteiger partial charge is 0.387 e. The van der Waals surface area contributed by atoms with Crippen LogP contribution >= 0.6 is 0 Å². The molecule has 0 aromatic heterocycles. The topological polar surface area (TPSA) is 29.5 Å². The smallest absolute Gasteiger partial charge is 0.0947 e. The van der Waals surface area contributed by atoms with Crippen molar-refractivity contribution in [2.24, 2.45) is 5.92 Å². The lowest BCUT2D eigenvalue weighted by Gasteiger charge is -2.27. The van der Waals surface area contributed by atoms with E-state index in [1.165, 1.54) is 36.0 Å². The Morgan fingerprint density at radius 1 is 1.28 bits per heavy atom. The lowest BCUT2D eigenvalue weighted by molar-refractivity contribution is -0.0474. The number of benzene rings is 1. The summed E-state index contributed by atoms with van der Waals surface area (Å²) in [6.45, 7) is 0.453. The SMILES string of the molecule is COCC(O)(Cc1ccc2c(c1)CCC2)C1CC1. The van der Waals surface area contributed by atoms with Crippen LogP contribution in [0, 0.1) is 5.92 Å². The summed E-state index contributed by atoms with van der Waals surface area (Å²) in [5.74, 6) is 0.436. The fourth-order valence-corrected chi connectivity index (χ4v) is 3.27. The third-order valence-corrected chi connectivity index (χ3v) is 4.40. The van der Waals surface area contributed by atoms with Crippen LogP contribution in [0.1, 0.15) is 36.0 Å². The van der Waals surface area contributed by atoms with Crippen LogP contribution in [-0.2, 0) is 24.0 Å². The van der Waals surface area contributed by atoms with Crippen LogP contribution < -0.4 is 0 Å². The summed E-state index contributed by atoms with van der Waals surface area (Å²) in [4.78, 5) is 0. The number of fused-ring (bicyclic) bond motifs is 1. The molecule has 1 aromatic carbocycles. The first kappa shape index (κ1) is 12.2. The van der Waals surface area contributed by atoms with Gasteiger partial charge >= 0.3 is 0 Å². The Hall–Kier alpha value is -0.860. The molecule has 1 aromatic rings. The number of aryl methyl sites for hydroxylation is 2. The molecule has 1 unspecified atom stereocenters. The van der Waals surface area contributed by atoms with E-state index in [1.54, 1.807) is 7.11 Å². The molecule has 2 heteroatoms. The van der Waals surface area contributed by atoms with Gasteiger partial charge in [-0.25, -0.2) is 0 Å². The van der Waals surface area contributed by atoms with Crippen molar-refractivity contribution in [3.63, 3.8) is 0 Å². The second-order valence-corrected chi connectivity index (χ2v) is 5.94. The van der Waals surface area contributed by atoms with Crippen LogP contribution in [0.25, 0.3) is 0 Å². The highest BCUT2D eigenvalue weighted by Gasteiger charge is 2.43. The van der Waals surface area contributed by atoms with Gasteiger partial charge in [0.15, 0.2) is 0 Å². The zero-order chi connectivity index (χ0) is 12.6. The van der Waals surface area contributed by atoms with Gasteiger partial charge in [0.1, 0.15) is 0 Å². The first-order chi connectivity index (χ1) is 8.71. The molecule has 1 fully saturated rings. The average Bonchev–Trinajstić information content (AvgIpc) is 3.10. The summed E-state index contributed by atoms with van der Waals surface area (Å²) < 4.78 is 5.22. The van der Waals surface area contributed by atoms with Crippen molar-refractivity contribution in [1.29, 1.82) is 0 Å². The van der Waals surface area contributed by atoms with E-state index < -0.39 is 5.60 Å². The molecule has 1 atom stereocenters. The van der Waals surface area contributed by atoms with Gasteiger partial charge in [-0.1, -0.05) is 18.2 Å². The Labute approximate surface area is 109 Å². The number of hydrogen-bond acceptors (Lipinski definition) is 2. The zero-order valence-corrected chi connectivity index (χ0v) is 11.1. The van der Waals surface area contributed by atoms with Gasteiger partial charge in [-0.05, 0) is 54.7 Å². The van der Waals surface area contributed by atoms with Crippen molar-refractivity contribution < 1.29 is 9.84 Å². The highest BCUT2D eigenvalue weighted by atomic mass is 16.5. The summed E-state index contributed by atoms with van der Waals surface area (Å²) in [6, 6.07) is 6.73. The van der Waals surface area contributed by atoms with E-state index in [4.69, 9.17) is 4.74 Å². The van der Waals surface area contributed by atoms with E-state index in [9.17, 15) is 5.11 Å². The predicted molar refractivity (Wildman–Crippen MR) is 71.7 cm³/mol. The van der Waals surface area contributed by atoms with Crippen LogP contribution in [0.2, 0.25) is 0 Å². The van der Waals surface area contributed by atoms with Gasteiger partial charge < -0.3 is 9.84 Å². The fraction of sp³-hybridized carbons (Fsp3) is 0.625. The Balaban J connectivity index is 1.78. The molecular weight excluding hydrogens is 224 g/mol. The quantitative estimate of drug-likeness (QED) is 0.865. The maximum absolute atomic E-state index is 10.7. The van der Waals surface area contributed by atoms with Gasteiger partial charge in [0.05, 0.1) is 12.2 Å². The Bertz CT molecular complexity index is 437.